The highest BCUT2D eigenvalue weighted by atomic mass is 16.5. The van der Waals surface area contributed by atoms with E-state index in [0.717, 1.165) is 53.9 Å². The molecule has 3 aromatic rings. The first-order chi connectivity index (χ1) is 20.4. The van der Waals surface area contributed by atoms with Crippen molar-refractivity contribution in [2.75, 3.05) is 27.4 Å². The van der Waals surface area contributed by atoms with Crippen LogP contribution in [0.1, 0.15) is 69.1 Å². The van der Waals surface area contributed by atoms with Crippen LogP contribution in [-0.4, -0.2) is 44.5 Å². The van der Waals surface area contributed by atoms with E-state index in [0.29, 0.717) is 6.61 Å². The number of aliphatic carboxylic acids is 1. The van der Waals surface area contributed by atoms with Crippen molar-refractivity contribution in [3.8, 4) is 11.5 Å². The zero-order chi connectivity index (χ0) is 30.4. The summed E-state index contributed by atoms with van der Waals surface area (Å²) in [5.41, 5.74) is 1.84. The van der Waals surface area contributed by atoms with Crippen molar-refractivity contribution in [1.82, 2.24) is 0 Å². The smallest absolute Gasteiger partial charge is 0.306 e. The van der Waals surface area contributed by atoms with Crippen LogP contribution in [0.4, 0.5) is 0 Å². The monoisotopic (exact) mass is 576 g/mol. The predicted molar refractivity (Wildman–Crippen MR) is 163 cm³/mol. The Kier molecular flexibility index (Phi) is 12.9. The zero-order valence-corrected chi connectivity index (χ0v) is 25.2. The molecule has 0 amide bonds. The largest absolute Gasteiger partial charge is 0.497 e. The lowest BCUT2D eigenvalue weighted by molar-refractivity contribution is -0.150. The molecule has 7 nitrogen and oxygen atoms in total. The molecular weight excluding hydrogens is 532 g/mol. The topological polar surface area (TPSA) is 91.3 Å². The Balaban J connectivity index is 2.08. The quantitative estimate of drug-likeness (QED) is 0.126. The molecule has 0 spiro atoms. The van der Waals surface area contributed by atoms with Gasteiger partial charge in [-0.15, -0.1) is 0 Å². The third-order valence-electron chi connectivity index (χ3n) is 7.67. The second-order valence-corrected chi connectivity index (χ2v) is 10.5. The molecule has 226 valence electrons. The Bertz CT molecular complexity index is 1170. The summed E-state index contributed by atoms with van der Waals surface area (Å²) in [6, 6.07) is 25.9. The van der Waals surface area contributed by atoms with E-state index >= 15 is 0 Å². The molecule has 0 heterocycles. The van der Waals surface area contributed by atoms with Crippen LogP contribution in [-0.2, 0) is 24.7 Å². The van der Waals surface area contributed by atoms with Gasteiger partial charge in [0.15, 0.2) is 0 Å². The molecule has 0 fully saturated rings. The van der Waals surface area contributed by atoms with Crippen LogP contribution in [0.3, 0.4) is 0 Å². The van der Waals surface area contributed by atoms with Gasteiger partial charge in [-0.05, 0) is 46.9 Å². The van der Waals surface area contributed by atoms with Crippen molar-refractivity contribution in [2.45, 2.75) is 58.0 Å². The van der Waals surface area contributed by atoms with Crippen molar-refractivity contribution in [1.29, 1.82) is 0 Å². The maximum Gasteiger partial charge on any atom is 0.306 e. The van der Waals surface area contributed by atoms with E-state index in [1.54, 1.807) is 14.2 Å². The normalized spacial score (nSPS) is 12.1. The van der Waals surface area contributed by atoms with Gasteiger partial charge >= 0.3 is 11.9 Å². The summed E-state index contributed by atoms with van der Waals surface area (Å²) >= 11 is 0. The van der Waals surface area contributed by atoms with Crippen LogP contribution in [0, 0.1) is 11.8 Å². The second-order valence-electron chi connectivity index (χ2n) is 10.5. The molecule has 0 saturated carbocycles. The maximum absolute atomic E-state index is 12.4. The van der Waals surface area contributed by atoms with Gasteiger partial charge in [0.05, 0.1) is 40.3 Å². The van der Waals surface area contributed by atoms with Gasteiger partial charge in [0, 0.05) is 5.92 Å². The van der Waals surface area contributed by atoms with Crippen LogP contribution < -0.4 is 9.47 Å². The minimum Gasteiger partial charge on any atom is -0.497 e. The van der Waals surface area contributed by atoms with Gasteiger partial charge in [-0.1, -0.05) is 94.1 Å². The summed E-state index contributed by atoms with van der Waals surface area (Å²) in [7, 11) is 3.28. The number of carbonyl (C=O) groups excluding carboxylic acids is 1. The van der Waals surface area contributed by atoms with Crippen LogP contribution in [0.25, 0.3) is 0 Å². The van der Waals surface area contributed by atoms with Crippen LogP contribution >= 0.6 is 0 Å². The summed E-state index contributed by atoms with van der Waals surface area (Å²) in [5.74, 6) is 0.146. The number of carbonyl (C=O) groups is 2. The molecule has 0 saturated heterocycles. The summed E-state index contributed by atoms with van der Waals surface area (Å²) in [6.07, 6.45) is 3.53. The average molecular weight is 577 g/mol. The standard InChI is InChI=1S/C35H44O7/c1-5-10-26(11-6-2)27(24-41-34(38)23-22-33(36)37)25-42-35(28-12-8-7-9-13-28,29-14-18-31(39-3)19-15-29)30-16-20-32(40-4)21-17-30/h7-9,12-21,26-27H,5-6,10-11,22-25H2,1-4H3,(H,36,37). The second kappa shape index (κ2) is 16.6. The van der Waals surface area contributed by atoms with E-state index in [1.165, 1.54) is 0 Å². The molecule has 0 aromatic heterocycles. The average Bonchev–Trinajstić information content (AvgIpc) is 3.02. The van der Waals surface area contributed by atoms with Gasteiger partial charge in [-0.3, -0.25) is 9.59 Å². The molecule has 3 aromatic carbocycles. The van der Waals surface area contributed by atoms with Gasteiger partial charge in [-0.2, -0.15) is 0 Å². The summed E-state index contributed by atoms with van der Waals surface area (Å²) in [4.78, 5) is 23.4. The lowest BCUT2D eigenvalue weighted by Gasteiger charge is -2.38. The number of hydrogen-bond donors (Lipinski definition) is 1. The van der Waals surface area contributed by atoms with Gasteiger partial charge < -0.3 is 24.1 Å². The number of esters is 1. The third kappa shape index (κ3) is 8.58. The Morgan fingerprint density at radius 2 is 1.19 bits per heavy atom. The first kappa shape index (κ1) is 32.7. The summed E-state index contributed by atoms with van der Waals surface area (Å²) < 4.78 is 23.7. The third-order valence-corrected chi connectivity index (χ3v) is 7.67. The fourth-order valence-electron chi connectivity index (χ4n) is 5.47. The number of carboxylic acids is 1. The maximum atomic E-state index is 12.4. The van der Waals surface area contributed by atoms with Crippen LogP contribution in [0.15, 0.2) is 78.9 Å². The van der Waals surface area contributed by atoms with Crippen molar-refractivity contribution in [3.05, 3.63) is 95.6 Å². The Labute approximate surface area is 249 Å². The van der Waals surface area contributed by atoms with Crippen LogP contribution in [0.2, 0.25) is 0 Å². The molecule has 42 heavy (non-hydrogen) atoms. The number of benzene rings is 3. The van der Waals surface area contributed by atoms with E-state index in [2.05, 4.69) is 26.0 Å². The van der Waals surface area contributed by atoms with Crippen LogP contribution in [0.5, 0.6) is 11.5 Å². The SMILES string of the molecule is CCCC(CCC)C(COC(=O)CCC(=O)O)COC(c1ccccc1)(c1ccc(OC)cc1)c1ccc(OC)cc1. The number of rotatable bonds is 18. The molecule has 0 bridgehead atoms. The number of carboxylic acid groups (broad SMARTS) is 1. The minimum absolute atomic E-state index is 0.0849. The highest BCUT2D eigenvalue weighted by molar-refractivity contribution is 5.76. The van der Waals surface area contributed by atoms with E-state index in [-0.39, 0.29) is 31.3 Å². The van der Waals surface area contributed by atoms with E-state index < -0.39 is 17.5 Å². The molecule has 3 rings (SSSR count). The summed E-state index contributed by atoms with van der Waals surface area (Å²) in [6.45, 7) is 4.80. The first-order valence-electron chi connectivity index (χ1n) is 14.7. The van der Waals surface area contributed by atoms with Crippen molar-refractivity contribution < 1.29 is 33.6 Å². The summed E-state index contributed by atoms with van der Waals surface area (Å²) in [5, 5.41) is 8.99. The lowest BCUT2D eigenvalue weighted by Crippen LogP contribution is -2.37. The molecule has 1 N–H and O–H groups in total. The van der Waals surface area contributed by atoms with Gasteiger partial charge in [0.25, 0.3) is 0 Å². The van der Waals surface area contributed by atoms with Crippen molar-refractivity contribution in [2.24, 2.45) is 11.8 Å². The molecule has 0 aliphatic carbocycles. The first-order valence-corrected chi connectivity index (χ1v) is 14.7. The Morgan fingerprint density at radius 3 is 1.64 bits per heavy atom. The van der Waals surface area contributed by atoms with Crippen molar-refractivity contribution >= 4 is 11.9 Å². The number of methoxy groups -OCH3 is 2. The van der Waals surface area contributed by atoms with E-state index in [9.17, 15) is 9.59 Å². The lowest BCUT2D eigenvalue weighted by atomic mass is 9.79. The molecule has 7 heteroatoms. The van der Waals surface area contributed by atoms with Gasteiger partial charge in [0.2, 0.25) is 0 Å². The highest BCUT2D eigenvalue weighted by Crippen LogP contribution is 2.42. The molecular formula is C35H44O7. The molecule has 0 radical (unpaired) electrons. The molecule has 1 atom stereocenters. The molecule has 0 aliphatic heterocycles. The van der Waals surface area contributed by atoms with Crippen molar-refractivity contribution in [3.63, 3.8) is 0 Å². The Morgan fingerprint density at radius 1 is 0.690 bits per heavy atom. The van der Waals surface area contributed by atoms with Gasteiger partial charge in [0.1, 0.15) is 17.1 Å². The van der Waals surface area contributed by atoms with Gasteiger partial charge in [-0.25, -0.2) is 0 Å². The zero-order valence-electron chi connectivity index (χ0n) is 25.2. The fraction of sp³-hybridized carbons (Fsp3) is 0.429. The van der Waals surface area contributed by atoms with E-state index in [1.807, 2.05) is 66.7 Å². The Hall–Kier alpha value is -3.84. The predicted octanol–water partition coefficient (Wildman–Crippen LogP) is 7.25. The highest BCUT2D eigenvalue weighted by Gasteiger charge is 2.39. The minimum atomic E-state index is -1.02. The molecule has 1 unspecified atom stereocenters. The van der Waals surface area contributed by atoms with E-state index in [4.69, 9.17) is 24.1 Å². The molecule has 0 aliphatic rings. The number of ether oxygens (including phenoxy) is 4. The fourth-order valence-corrected chi connectivity index (χ4v) is 5.47. The number of hydrogen-bond acceptors (Lipinski definition) is 6.